The Bertz CT molecular complexity index is 1200. The summed E-state index contributed by atoms with van der Waals surface area (Å²) >= 11 is 7.31. The number of rotatable bonds is 9. The molecular weight excluding hydrogens is 478 g/mol. The van der Waals surface area contributed by atoms with Crippen LogP contribution in [0.4, 0.5) is 11.4 Å². The highest BCUT2D eigenvalue weighted by Crippen LogP contribution is 2.24. The van der Waals surface area contributed by atoms with Crippen LogP contribution < -0.4 is 10.6 Å². The molecule has 0 bridgehead atoms. The molecule has 2 aromatic carbocycles. The monoisotopic (exact) mass is 501 g/mol. The Morgan fingerprint density at radius 3 is 2.50 bits per heavy atom. The maximum absolute atomic E-state index is 12.4. The summed E-state index contributed by atoms with van der Waals surface area (Å²) in [6.45, 7) is 3.93. The number of thioether (sulfide) groups is 1. The van der Waals surface area contributed by atoms with Crippen molar-refractivity contribution in [3.8, 4) is 0 Å². The molecule has 0 spiro atoms. The quantitative estimate of drug-likeness (QED) is 0.338. The van der Waals surface area contributed by atoms with E-state index in [0.717, 1.165) is 17.3 Å². The predicted octanol–water partition coefficient (Wildman–Crippen LogP) is 3.87. The largest absolute Gasteiger partial charge is 0.462 e. The van der Waals surface area contributed by atoms with Crippen LogP contribution in [0.25, 0.3) is 0 Å². The van der Waals surface area contributed by atoms with Crippen molar-refractivity contribution in [2.24, 2.45) is 7.05 Å². The van der Waals surface area contributed by atoms with E-state index in [-0.39, 0.29) is 36.2 Å². The van der Waals surface area contributed by atoms with Gasteiger partial charge in [-0.25, -0.2) is 4.79 Å². The van der Waals surface area contributed by atoms with Crippen molar-refractivity contribution in [1.82, 2.24) is 14.8 Å². The number of hydrogen-bond acceptors (Lipinski definition) is 7. The molecule has 2 amide bonds. The fourth-order valence-corrected chi connectivity index (χ4v) is 3.78. The number of halogens is 1. The van der Waals surface area contributed by atoms with E-state index in [0.29, 0.717) is 27.4 Å². The number of nitrogens with one attached hydrogen (secondary N) is 2. The molecule has 0 atom stereocenters. The predicted molar refractivity (Wildman–Crippen MR) is 131 cm³/mol. The Morgan fingerprint density at radius 1 is 1.06 bits per heavy atom. The highest BCUT2D eigenvalue weighted by Gasteiger charge is 2.16. The number of benzene rings is 2. The first-order chi connectivity index (χ1) is 16.3. The second-order valence-corrected chi connectivity index (χ2v) is 8.65. The van der Waals surface area contributed by atoms with Crippen LogP contribution in [0.3, 0.4) is 0 Å². The van der Waals surface area contributed by atoms with Crippen LogP contribution in [0.15, 0.2) is 47.6 Å². The van der Waals surface area contributed by atoms with Crippen molar-refractivity contribution in [1.29, 1.82) is 0 Å². The van der Waals surface area contributed by atoms with Crippen LogP contribution in [0.5, 0.6) is 0 Å². The molecular formula is C23H24ClN5O4S. The SMILES string of the molecule is CCOC(=O)c1ccc(Cl)c(NC(=O)CSc2nnc(CC(=O)Nc3ccc(C)cc3)n2C)c1. The lowest BCUT2D eigenvalue weighted by atomic mass is 10.2. The lowest BCUT2D eigenvalue weighted by molar-refractivity contribution is -0.116. The minimum absolute atomic E-state index is 0.0293. The molecule has 0 saturated carbocycles. The second-order valence-electron chi connectivity index (χ2n) is 7.30. The molecule has 9 nitrogen and oxygen atoms in total. The molecule has 0 radical (unpaired) electrons. The highest BCUT2D eigenvalue weighted by atomic mass is 35.5. The average Bonchev–Trinajstić information content (AvgIpc) is 3.14. The molecule has 178 valence electrons. The molecule has 0 aliphatic rings. The van der Waals surface area contributed by atoms with Gasteiger partial charge in [0.25, 0.3) is 0 Å². The maximum Gasteiger partial charge on any atom is 0.338 e. The highest BCUT2D eigenvalue weighted by molar-refractivity contribution is 7.99. The molecule has 0 unspecified atom stereocenters. The lowest BCUT2D eigenvalue weighted by Gasteiger charge is -2.09. The summed E-state index contributed by atoms with van der Waals surface area (Å²) in [4.78, 5) is 36.7. The van der Waals surface area contributed by atoms with Gasteiger partial charge in [-0.2, -0.15) is 0 Å². The maximum atomic E-state index is 12.4. The van der Waals surface area contributed by atoms with Crippen molar-refractivity contribution in [2.75, 3.05) is 23.0 Å². The number of ether oxygens (including phenoxy) is 1. The van der Waals surface area contributed by atoms with Crippen molar-refractivity contribution in [2.45, 2.75) is 25.4 Å². The van der Waals surface area contributed by atoms with Crippen molar-refractivity contribution in [3.05, 3.63) is 64.4 Å². The molecule has 34 heavy (non-hydrogen) atoms. The summed E-state index contributed by atoms with van der Waals surface area (Å²) < 4.78 is 6.64. The third kappa shape index (κ3) is 6.82. The van der Waals surface area contributed by atoms with Gasteiger partial charge in [0.05, 0.1) is 35.1 Å². The normalized spacial score (nSPS) is 10.6. The zero-order chi connectivity index (χ0) is 24.7. The Hall–Kier alpha value is -3.37. The van der Waals surface area contributed by atoms with Crippen molar-refractivity contribution in [3.63, 3.8) is 0 Å². The van der Waals surface area contributed by atoms with Gasteiger partial charge < -0.3 is 19.9 Å². The number of esters is 1. The Balaban J connectivity index is 1.55. The Kier molecular flexibility index (Phi) is 8.67. The molecule has 3 rings (SSSR count). The average molecular weight is 502 g/mol. The van der Waals surface area contributed by atoms with E-state index < -0.39 is 5.97 Å². The molecule has 0 fully saturated rings. The lowest BCUT2D eigenvalue weighted by Crippen LogP contribution is -2.17. The van der Waals surface area contributed by atoms with Gasteiger partial charge in [-0.15, -0.1) is 10.2 Å². The minimum Gasteiger partial charge on any atom is -0.462 e. The van der Waals surface area contributed by atoms with E-state index >= 15 is 0 Å². The molecule has 3 aromatic rings. The van der Waals surface area contributed by atoms with Gasteiger partial charge >= 0.3 is 5.97 Å². The number of aryl methyl sites for hydroxylation is 1. The van der Waals surface area contributed by atoms with E-state index in [1.807, 2.05) is 31.2 Å². The van der Waals surface area contributed by atoms with Gasteiger partial charge in [-0.1, -0.05) is 41.1 Å². The third-order valence-electron chi connectivity index (χ3n) is 4.66. The van der Waals surface area contributed by atoms with Crippen LogP contribution in [0, 0.1) is 6.92 Å². The second kappa shape index (κ2) is 11.7. The van der Waals surface area contributed by atoms with Crippen LogP contribution in [-0.4, -0.2) is 44.9 Å². The molecule has 0 aliphatic heterocycles. The number of aromatic nitrogens is 3. The van der Waals surface area contributed by atoms with Crippen LogP contribution in [-0.2, 0) is 27.8 Å². The van der Waals surface area contributed by atoms with E-state index in [4.69, 9.17) is 16.3 Å². The summed E-state index contributed by atoms with van der Waals surface area (Å²) in [5.74, 6) is -0.555. The van der Waals surface area contributed by atoms with Gasteiger partial charge in [-0.3, -0.25) is 9.59 Å². The van der Waals surface area contributed by atoms with E-state index in [9.17, 15) is 14.4 Å². The standard InChI is InChI=1S/C23H24ClN5O4S/c1-4-33-22(32)15-7-10-17(24)18(11-15)26-21(31)13-34-23-28-27-19(29(23)3)12-20(30)25-16-8-5-14(2)6-9-16/h5-11H,4,12-13H2,1-3H3,(H,25,30)(H,26,31). The topological polar surface area (TPSA) is 115 Å². The molecule has 1 aromatic heterocycles. The van der Waals surface area contributed by atoms with Gasteiger partial charge in [0.15, 0.2) is 5.16 Å². The third-order valence-corrected chi connectivity index (χ3v) is 6.01. The first-order valence-corrected chi connectivity index (χ1v) is 11.8. The first-order valence-electron chi connectivity index (χ1n) is 10.4. The molecule has 0 aliphatic carbocycles. The zero-order valence-corrected chi connectivity index (χ0v) is 20.5. The smallest absolute Gasteiger partial charge is 0.338 e. The fourth-order valence-electron chi connectivity index (χ4n) is 2.89. The molecule has 0 saturated heterocycles. The van der Waals surface area contributed by atoms with Crippen molar-refractivity contribution >= 4 is 52.5 Å². The molecule has 1 heterocycles. The molecule has 2 N–H and O–H groups in total. The van der Waals surface area contributed by atoms with Gasteiger partial charge in [0.1, 0.15) is 5.82 Å². The summed E-state index contributed by atoms with van der Waals surface area (Å²) in [6, 6.07) is 12.0. The van der Waals surface area contributed by atoms with Crippen LogP contribution >= 0.6 is 23.4 Å². The number of amides is 2. The van der Waals surface area contributed by atoms with Gasteiger partial charge in [-0.05, 0) is 44.2 Å². The minimum atomic E-state index is -0.498. The van der Waals surface area contributed by atoms with Crippen LogP contribution in [0.1, 0.15) is 28.7 Å². The van der Waals surface area contributed by atoms with Crippen LogP contribution in [0.2, 0.25) is 5.02 Å². The number of anilines is 2. The van der Waals surface area contributed by atoms with Gasteiger partial charge in [0, 0.05) is 12.7 Å². The number of nitrogens with zero attached hydrogens (tertiary/aromatic N) is 3. The van der Waals surface area contributed by atoms with Crippen molar-refractivity contribution < 1.29 is 19.1 Å². The van der Waals surface area contributed by atoms with Gasteiger partial charge in [0.2, 0.25) is 11.8 Å². The van der Waals surface area contributed by atoms with E-state index in [1.165, 1.54) is 18.2 Å². The first kappa shape index (κ1) is 25.3. The summed E-state index contributed by atoms with van der Waals surface area (Å²) in [5.41, 5.74) is 2.40. The van der Waals surface area contributed by atoms with E-state index in [1.54, 1.807) is 18.5 Å². The zero-order valence-electron chi connectivity index (χ0n) is 18.9. The number of carbonyl (C=O) groups excluding carboxylic acids is 3. The Morgan fingerprint density at radius 2 is 1.79 bits per heavy atom. The number of carbonyl (C=O) groups is 3. The summed E-state index contributed by atoms with van der Waals surface area (Å²) in [6.07, 6.45) is 0.0421. The number of hydrogen-bond donors (Lipinski definition) is 2. The summed E-state index contributed by atoms with van der Waals surface area (Å²) in [7, 11) is 1.73. The molecule has 11 heteroatoms. The van der Waals surface area contributed by atoms with E-state index in [2.05, 4.69) is 20.8 Å². The summed E-state index contributed by atoms with van der Waals surface area (Å²) in [5, 5.41) is 14.4. The Labute approximate surface area is 206 Å². The fraction of sp³-hybridized carbons (Fsp3) is 0.261.